The molecule has 36 nitrogen and oxygen atoms in total. The monoisotopic (exact) mass is 1960 g/mol. The molecule has 0 saturated heterocycles. The van der Waals surface area contributed by atoms with Crippen molar-refractivity contribution in [2.75, 3.05) is 105 Å². The Morgan fingerprint density at radius 3 is 1.14 bits per heavy atom. The maximum absolute atomic E-state index is 13.5. The Morgan fingerprint density at radius 1 is 0.392 bits per heavy atom. The first-order valence-electron chi connectivity index (χ1n) is 40.9. The molecule has 0 fully saturated rings. The van der Waals surface area contributed by atoms with Crippen LogP contribution in [0.4, 0.5) is 23.3 Å². The maximum Gasteiger partial charge on any atom is 0.356 e. The minimum atomic E-state index is -4.16. The van der Waals surface area contributed by atoms with Gasteiger partial charge >= 0.3 is 22.8 Å². The number of rotatable bonds is 59. The molecule has 0 bridgehead atoms. The summed E-state index contributed by atoms with van der Waals surface area (Å²) in [5, 5.41) is 0. The summed E-state index contributed by atoms with van der Waals surface area (Å²) in [7, 11) is -2.17. The summed E-state index contributed by atoms with van der Waals surface area (Å²) in [6.45, 7) is 12.2. The maximum atomic E-state index is 13.5. The van der Waals surface area contributed by atoms with E-state index in [1.54, 1.807) is 146 Å². The molecular formula is C77H121N20O16P4S8-. The molecule has 0 spiro atoms. The van der Waals surface area contributed by atoms with Crippen molar-refractivity contribution in [2.45, 2.75) is 212 Å². The highest BCUT2D eigenvalue weighted by Gasteiger charge is 2.29. The fraction of sp³-hybridized carbons (Fsp3) is 0.584. The largest absolute Gasteiger partial charge is 0.777 e. The van der Waals surface area contributed by atoms with Crippen LogP contribution in [0.5, 0.6) is 0 Å². The predicted octanol–water partition coefficient (Wildman–Crippen LogP) is 17.9. The van der Waals surface area contributed by atoms with Crippen molar-refractivity contribution in [3.05, 3.63) is 116 Å². The van der Waals surface area contributed by atoms with Crippen molar-refractivity contribution < 1.29 is 74.5 Å². The molecule has 4 unspecified atom stereocenters. The number of aromatic nitrogens is 16. The minimum Gasteiger partial charge on any atom is -0.777 e. The Labute approximate surface area is 763 Å². The third kappa shape index (κ3) is 40.0. The van der Waals surface area contributed by atoms with Crippen molar-refractivity contribution in [3.63, 3.8) is 0 Å². The summed E-state index contributed by atoms with van der Waals surface area (Å²) in [4.78, 5) is 82.4. The van der Waals surface area contributed by atoms with Crippen LogP contribution in [-0.4, -0.2) is 194 Å². The Bertz CT molecular complexity index is 4970. The van der Waals surface area contributed by atoms with Crippen LogP contribution in [0.2, 0.25) is 0 Å². The molecule has 0 amide bonds. The fourth-order valence-corrected chi connectivity index (χ4v) is 21.3. The van der Waals surface area contributed by atoms with Crippen LogP contribution in [-0.2, 0) is 105 Å². The first-order valence-corrected chi connectivity index (χ1v) is 58.6. The second kappa shape index (κ2) is 58.8. The average Bonchev–Trinajstić information content (AvgIpc) is 1.70. The molecule has 8 aromatic heterocycles. The Morgan fingerprint density at radius 2 is 0.736 bits per heavy atom. The van der Waals surface area contributed by atoms with E-state index in [2.05, 4.69) is 66.7 Å². The number of fused-ring (bicyclic) bond motifs is 4. The molecule has 10 N–H and O–H groups in total. The number of nitrogens with two attached hydrogens (primary N) is 4. The number of nitrogens with zero attached hydrogens (tertiary/aromatic N) is 16. The van der Waals surface area contributed by atoms with Crippen molar-refractivity contribution in [3.8, 4) is 0 Å². The number of hydrogen-bond donors (Lipinski definition) is 6. The van der Waals surface area contributed by atoms with Gasteiger partial charge in [-0.05, 0) is 81.9 Å². The molecule has 125 heavy (non-hydrogen) atoms. The molecule has 8 heterocycles. The van der Waals surface area contributed by atoms with Crippen LogP contribution >= 0.6 is 117 Å². The van der Waals surface area contributed by atoms with Gasteiger partial charge in [-0.3, -0.25) is 13.7 Å². The first kappa shape index (κ1) is 107. The van der Waals surface area contributed by atoms with Crippen LogP contribution < -0.4 is 27.8 Å². The zero-order chi connectivity index (χ0) is 90.3. The van der Waals surface area contributed by atoms with Crippen LogP contribution in [0.15, 0.2) is 104 Å². The lowest BCUT2D eigenvalue weighted by atomic mass is 10.0. The predicted molar refractivity (Wildman–Crippen MR) is 511 cm³/mol. The Kier molecular flexibility index (Phi) is 50.4. The smallest absolute Gasteiger partial charge is 0.356 e. The van der Waals surface area contributed by atoms with Gasteiger partial charge in [-0.2, -0.15) is 0 Å². The molecule has 0 aliphatic heterocycles. The van der Waals surface area contributed by atoms with Crippen molar-refractivity contribution in [1.82, 2.24) is 78.1 Å². The third-order valence-corrected chi connectivity index (χ3v) is 30.2. The number of nitrogen functional groups attached to an aromatic ring is 4. The van der Waals surface area contributed by atoms with E-state index in [-0.39, 0.29) is 50.8 Å². The number of imidazole rings is 4. The molecule has 694 valence electrons. The van der Waals surface area contributed by atoms with Gasteiger partial charge in [-0.25, -0.2) is 59.8 Å². The normalized spacial score (nSPS) is 14.6. The molecule has 0 radical (unpaired) electrons. The van der Waals surface area contributed by atoms with Gasteiger partial charge in [0, 0.05) is 22.2 Å². The molecule has 48 heteroatoms. The molecule has 10 aromatic rings. The lowest BCUT2D eigenvalue weighted by molar-refractivity contribution is -0.206. The van der Waals surface area contributed by atoms with Crippen LogP contribution in [0.1, 0.15) is 154 Å². The highest BCUT2D eigenvalue weighted by molar-refractivity contribution is 8.77. The molecule has 10 rings (SSSR count). The van der Waals surface area contributed by atoms with Crippen molar-refractivity contribution in [2.24, 2.45) is 0 Å². The van der Waals surface area contributed by atoms with E-state index in [9.17, 15) is 32.9 Å². The van der Waals surface area contributed by atoms with Gasteiger partial charge < -0.3 is 102 Å². The van der Waals surface area contributed by atoms with Gasteiger partial charge in [0.25, 0.3) is 0 Å². The number of unbranched alkanes of at least 4 members (excludes halogenated alkanes) is 15. The van der Waals surface area contributed by atoms with Gasteiger partial charge in [0.2, 0.25) is 0 Å². The quantitative estimate of drug-likeness (QED) is 0.0117. The first-order chi connectivity index (χ1) is 60.2. The molecular weight excluding hydrogens is 1840 g/mol. The van der Waals surface area contributed by atoms with Gasteiger partial charge in [0.15, 0.2) is 53.5 Å². The van der Waals surface area contributed by atoms with E-state index in [0.717, 1.165) is 45.9 Å². The van der Waals surface area contributed by atoms with Crippen molar-refractivity contribution >= 4 is 185 Å². The minimum absolute atomic E-state index is 0.00795. The number of anilines is 4. The summed E-state index contributed by atoms with van der Waals surface area (Å²) in [5.41, 5.74) is 30.4. The topological polar surface area (TPSA) is 493 Å². The van der Waals surface area contributed by atoms with E-state index >= 15 is 0 Å². The Balaban J connectivity index is 0.000000233. The summed E-state index contributed by atoms with van der Waals surface area (Å²) >= 11 is 0. The van der Waals surface area contributed by atoms with Crippen LogP contribution in [0.3, 0.4) is 0 Å². The van der Waals surface area contributed by atoms with Gasteiger partial charge in [-0.15, -0.1) is 0 Å². The molecule has 0 saturated carbocycles. The third-order valence-electron chi connectivity index (χ3n) is 18.5. The molecule has 0 aliphatic carbocycles. The second-order valence-electron chi connectivity index (χ2n) is 28.6. The van der Waals surface area contributed by atoms with Crippen molar-refractivity contribution in [1.29, 1.82) is 0 Å². The lowest BCUT2D eigenvalue weighted by Gasteiger charge is -2.25. The number of ether oxygens (including phenoxy) is 4. The summed E-state index contributed by atoms with van der Waals surface area (Å²) in [6, 6.07) is 15.3. The highest BCUT2D eigenvalue weighted by Crippen LogP contribution is 2.50. The molecule has 8 atom stereocenters. The van der Waals surface area contributed by atoms with Crippen LogP contribution in [0, 0.1) is 0 Å². The molecule has 2 aromatic carbocycles. The Hall–Kier alpha value is -4.92. The summed E-state index contributed by atoms with van der Waals surface area (Å²) in [6.07, 6.45) is 38.2. The summed E-state index contributed by atoms with van der Waals surface area (Å²) < 4.78 is 107. The molecule has 0 aliphatic rings. The van der Waals surface area contributed by atoms with E-state index in [0.29, 0.717) is 113 Å². The second-order valence-corrected chi connectivity index (χ2v) is 46.3. The lowest BCUT2D eigenvalue weighted by Crippen LogP contribution is -2.20. The van der Waals surface area contributed by atoms with E-state index in [1.165, 1.54) is 115 Å². The van der Waals surface area contributed by atoms with E-state index in [4.69, 9.17) is 64.5 Å². The summed E-state index contributed by atoms with van der Waals surface area (Å²) in [5.74, 6) is 3.41. The zero-order valence-corrected chi connectivity index (χ0v) is 82.4. The van der Waals surface area contributed by atoms with E-state index < -0.39 is 49.2 Å². The number of benzene rings is 2. The highest BCUT2D eigenvalue weighted by atomic mass is 33.1. The zero-order valence-electron chi connectivity index (χ0n) is 72.3. The van der Waals surface area contributed by atoms with E-state index in [1.807, 2.05) is 85.0 Å². The number of hydrogen-bond acceptors (Lipinski definition) is 38. The fourth-order valence-electron chi connectivity index (χ4n) is 12.1. The SMILES string of the molecule is CCCCCCCCCCCCCCCCCCOP(=O)(CO[C@H](C)Cn1cnc2c(N)ncnc21)OCCSSC.CSSCCOP(=O)(O)CO[C@H](C)Cn1cnc2c(N)ncnc21.CSSCc1ccccc1COP(=O)([O-])CO[C@H](C)Cn1cnc2c(N)ncnc21.CSSc1ccccc1COP(=O)(O)CO[C@H](C)Cn1cnc2c(N)ncnc21. The van der Waals surface area contributed by atoms with Crippen LogP contribution in [0.25, 0.3) is 44.7 Å². The average molecular weight is 1960 g/mol. The van der Waals surface area contributed by atoms with Gasteiger partial charge in [0.05, 0.1) is 109 Å². The standard InChI is InChI=1S/C30H56N5O4PS2.C18H24N5O4PS2.C17H22N5O4PS2.C12H20N5O4PS2/c1-4-5-6-7-8-9-10-11-12-13-14-15-16-17-18-19-20-38-40(36,39-21-22-42-41-3)26-37-27(2)23-35-25-34-28-29(31)32-24-33-30(28)35;1-13(7-23-11-22-16-17(19)20-10-21-18(16)23)26-12-28(24,25)27-8-14-5-3-4-6-15(14)9-30-29-2;1-12(7-22-10-21-15-16(18)19-9-20-17(15)22)25-11-27(23,24)26-8-13-5-3-4-6-14(13)29-28-2;1-9(20-8-22(18,19)21-3-4-24-23-2)5-17-7-16-10-11(13)14-6-15-12(10)17/h24-25,27H,4-23,26H2,1-3H3,(H2,31,32,33);3-6,10-11,13H,7-9,12H2,1-2H3,(H,24,25)(H2,19,20,21);3-6,9-10,12H,7-8,11H2,1-2H3,(H,23,24)(H2,18,19,20);6-7,9H,3-5,8H2,1-2H3,(H,18,19)(H2,13,14,15)/p-1/t27-,40?;13-;12-;9-/m1111/s1. The van der Waals surface area contributed by atoms with Gasteiger partial charge in [0.1, 0.15) is 72.8 Å². The van der Waals surface area contributed by atoms with Gasteiger partial charge in [-0.1, -0.05) is 232 Å².